The fraction of sp³-hybridized carbons (Fsp3) is 0.333. The summed E-state index contributed by atoms with van der Waals surface area (Å²) in [7, 11) is 3.51. The summed E-state index contributed by atoms with van der Waals surface area (Å²) in [5.74, 6) is -0.381. The summed E-state index contributed by atoms with van der Waals surface area (Å²) >= 11 is 0. The highest BCUT2D eigenvalue weighted by molar-refractivity contribution is 5.78. The van der Waals surface area contributed by atoms with Crippen LogP contribution >= 0.6 is 0 Å². The number of hydrogen-bond donors (Lipinski definition) is 1. The summed E-state index contributed by atoms with van der Waals surface area (Å²) in [6, 6.07) is 8.95. The quantitative estimate of drug-likeness (QED) is 0.891. The van der Waals surface area contributed by atoms with Crippen molar-refractivity contribution in [1.29, 1.82) is 0 Å². The first kappa shape index (κ1) is 17.1. The SMILES string of the molecule is CNC(=O)C(C)CN(C)Cc1ccc(-c2ccncc2)cc1F. The van der Waals surface area contributed by atoms with Gasteiger partial charge in [0.25, 0.3) is 0 Å². The number of rotatable bonds is 6. The minimum Gasteiger partial charge on any atom is -0.359 e. The Labute approximate surface area is 136 Å². The Morgan fingerprint density at radius 1 is 1.26 bits per heavy atom. The molecule has 23 heavy (non-hydrogen) atoms. The molecule has 0 radical (unpaired) electrons. The van der Waals surface area contributed by atoms with E-state index < -0.39 is 0 Å². The topological polar surface area (TPSA) is 45.2 Å². The van der Waals surface area contributed by atoms with Gasteiger partial charge in [0, 0.05) is 44.0 Å². The van der Waals surface area contributed by atoms with Crippen LogP contribution in [0.5, 0.6) is 0 Å². The van der Waals surface area contributed by atoms with Crippen molar-refractivity contribution in [2.45, 2.75) is 13.5 Å². The first-order valence-electron chi connectivity index (χ1n) is 7.60. The molecule has 5 heteroatoms. The summed E-state index contributed by atoms with van der Waals surface area (Å²) < 4.78 is 14.3. The number of carbonyl (C=O) groups excluding carboxylic acids is 1. The van der Waals surface area contributed by atoms with Crippen LogP contribution in [0.15, 0.2) is 42.7 Å². The summed E-state index contributed by atoms with van der Waals surface area (Å²) in [6.45, 7) is 2.90. The van der Waals surface area contributed by atoms with E-state index in [1.807, 2.05) is 37.1 Å². The zero-order valence-corrected chi connectivity index (χ0v) is 13.7. The Balaban J connectivity index is 2.05. The normalized spacial score (nSPS) is 12.2. The standard InChI is InChI=1S/C18H22FN3O/c1-13(18(23)20-2)11-22(3)12-16-5-4-15(10-17(16)19)14-6-8-21-9-7-14/h4-10,13H,11-12H2,1-3H3,(H,20,23). The van der Waals surface area contributed by atoms with Gasteiger partial charge in [0.1, 0.15) is 5.82 Å². The Bertz CT molecular complexity index is 661. The number of halogens is 1. The fourth-order valence-electron chi connectivity index (χ4n) is 2.55. The molecule has 0 saturated carbocycles. The number of aromatic nitrogens is 1. The van der Waals surface area contributed by atoms with Crippen molar-refractivity contribution < 1.29 is 9.18 Å². The third-order valence-corrected chi connectivity index (χ3v) is 3.79. The van der Waals surface area contributed by atoms with Gasteiger partial charge >= 0.3 is 0 Å². The lowest BCUT2D eigenvalue weighted by atomic mass is 10.0. The molecule has 1 unspecified atom stereocenters. The molecular formula is C18H22FN3O. The minimum absolute atomic E-state index is 0.00893. The average molecular weight is 315 g/mol. The van der Waals surface area contributed by atoms with Crippen LogP contribution in [-0.2, 0) is 11.3 Å². The number of nitrogens with zero attached hydrogens (tertiary/aromatic N) is 2. The van der Waals surface area contributed by atoms with Crippen molar-refractivity contribution >= 4 is 5.91 Å². The molecule has 0 aliphatic carbocycles. The van der Waals surface area contributed by atoms with Gasteiger partial charge in [-0.3, -0.25) is 9.78 Å². The molecule has 1 heterocycles. The molecule has 1 N–H and O–H groups in total. The molecule has 0 bridgehead atoms. The van der Waals surface area contributed by atoms with Crippen LogP contribution in [0.3, 0.4) is 0 Å². The molecule has 0 aliphatic heterocycles. The lowest BCUT2D eigenvalue weighted by molar-refractivity contribution is -0.124. The lowest BCUT2D eigenvalue weighted by Gasteiger charge is -2.21. The maximum absolute atomic E-state index is 14.3. The molecular weight excluding hydrogens is 293 g/mol. The first-order valence-corrected chi connectivity index (χ1v) is 7.60. The monoisotopic (exact) mass is 315 g/mol. The number of pyridine rings is 1. The van der Waals surface area contributed by atoms with Gasteiger partial charge in [0.05, 0.1) is 0 Å². The largest absolute Gasteiger partial charge is 0.359 e. The summed E-state index contributed by atoms with van der Waals surface area (Å²) in [5, 5.41) is 2.63. The molecule has 1 atom stereocenters. The predicted molar refractivity (Wildman–Crippen MR) is 89.2 cm³/mol. The van der Waals surface area contributed by atoms with Crippen molar-refractivity contribution in [3.63, 3.8) is 0 Å². The molecule has 122 valence electrons. The van der Waals surface area contributed by atoms with Crippen LogP contribution in [-0.4, -0.2) is 36.4 Å². The molecule has 1 aromatic heterocycles. The van der Waals surface area contributed by atoms with E-state index in [4.69, 9.17) is 0 Å². The van der Waals surface area contributed by atoms with E-state index in [0.29, 0.717) is 18.7 Å². The molecule has 0 spiro atoms. The van der Waals surface area contributed by atoms with Gasteiger partial charge in [0.2, 0.25) is 5.91 Å². The van der Waals surface area contributed by atoms with E-state index in [1.165, 1.54) is 0 Å². The number of benzene rings is 1. The van der Waals surface area contributed by atoms with Gasteiger partial charge in [-0.15, -0.1) is 0 Å². The van der Waals surface area contributed by atoms with E-state index in [-0.39, 0.29) is 17.6 Å². The van der Waals surface area contributed by atoms with Crippen LogP contribution in [0.25, 0.3) is 11.1 Å². The van der Waals surface area contributed by atoms with Crippen molar-refractivity contribution in [2.75, 3.05) is 20.6 Å². The molecule has 1 amide bonds. The molecule has 4 nitrogen and oxygen atoms in total. The van der Waals surface area contributed by atoms with Crippen LogP contribution < -0.4 is 5.32 Å². The minimum atomic E-state index is -0.237. The third-order valence-electron chi connectivity index (χ3n) is 3.79. The second kappa shape index (κ2) is 7.83. The van der Waals surface area contributed by atoms with Gasteiger partial charge in [-0.2, -0.15) is 0 Å². The Hall–Kier alpha value is -2.27. The maximum Gasteiger partial charge on any atom is 0.223 e. The third kappa shape index (κ3) is 4.60. The highest BCUT2D eigenvalue weighted by Crippen LogP contribution is 2.22. The fourth-order valence-corrected chi connectivity index (χ4v) is 2.55. The van der Waals surface area contributed by atoms with Gasteiger partial charge in [0.15, 0.2) is 0 Å². The molecule has 0 saturated heterocycles. The van der Waals surface area contributed by atoms with E-state index in [9.17, 15) is 9.18 Å². The Morgan fingerprint density at radius 2 is 1.96 bits per heavy atom. The number of amides is 1. The number of nitrogens with one attached hydrogen (secondary N) is 1. The number of hydrogen-bond acceptors (Lipinski definition) is 3. The first-order chi connectivity index (χ1) is 11.0. The van der Waals surface area contributed by atoms with Crippen molar-refractivity contribution in [3.8, 4) is 11.1 Å². The highest BCUT2D eigenvalue weighted by atomic mass is 19.1. The maximum atomic E-state index is 14.3. The summed E-state index contributed by atoms with van der Waals surface area (Å²) in [4.78, 5) is 17.5. The second-order valence-corrected chi connectivity index (χ2v) is 5.75. The molecule has 1 aromatic carbocycles. The second-order valence-electron chi connectivity index (χ2n) is 5.75. The summed E-state index contributed by atoms with van der Waals surface area (Å²) in [6.07, 6.45) is 3.38. The van der Waals surface area contributed by atoms with E-state index in [2.05, 4.69) is 10.3 Å². The lowest BCUT2D eigenvalue weighted by Crippen LogP contribution is -2.34. The highest BCUT2D eigenvalue weighted by Gasteiger charge is 2.15. The Kier molecular flexibility index (Phi) is 5.82. The van der Waals surface area contributed by atoms with E-state index in [0.717, 1.165) is 11.1 Å². The zero-order chi connectivity index (χ0) is 16.8. The molecule has 2 rings (SSSR count). The van der Waals surface area contributed by atoms with Gasteiger partial charge in [-0.1, -0.05) is 19.1 Å². The number of carbonyl (C=O) groups is 1. The van der Waals surface area contributed by atoms with Crippen molar-refractivity contribution in [2.24, 2.45) is 5.92 Å². The van der Waals surface area contributed by atoms with Gasteiger partial charge in [-0.25, -0.2) is 4.39 Å². The van der Waals surface area contributed by atoms with Crippen LogP contribution in [0.1, 0.15) is 12.5 Å². The smallest absolute Gasteiger partial charge is 0.223 e. The van der Waals surface area contributed by atoms with Gasteiger partial charge in [-0.05, 0) is 36.4 Å². The van der Waals surface area contributed by atoms with Crippen molar-refractivity contribution in [3.05, 3.63) is 54.1 Å². The van der Waals surface area contributed by atoms with E-state index in [1.54, 1.807) is 31.6 Å². The van der Waals surface area contributed by atoms with Crippen molar-refractivity contribution in [1.82, 2.24) is 15.2 Å². The van der Waals surface area contributed by atoms with Crippen LogP contribution in [0.4, 0.5) is 4.39 Å². The molecule has 2 aromatic rings. The molecule has 0 fully saturated rings. The predicted octanol–water partition coefficient (Wildman–Crippen LogP) is 2.70. The Morgan fingerprint density at radius 3 is 2.57 bits per heavy atom. The van der Waals surface area contributed by atoms with Crippen LogP contribution in [0.2, 0.25) is 0 Å². The van der Waals surface area contributed by atoms with Gasteiger partial charge < -0.3 is 10.2 Å². The van der Waals surface area contributed by atoms with Crippen LogP contribution in [0, 0.1) is 11.7 Å². The zero-order valence-electron chi connectivity index (χ0n) is 13.7. The summed E-state index contributed by atoms with van der Waals surface area (Å²) in [5.41, 5.74) is 2.39. The average Bonchev–Trinajstić information content (AvgIpc) is 2.56. The molecule has 0 aliphatic rings. The van der Waals surface area contributed by atoms with E-state index >= 15 is 0 Å².